The fraction of sp³-hybridized carbons (Fsp3) is 0.625. The van der Waals surface area contributed by atoms with Crippen LogP contribution in [0.2, 0.25) is 0 Å². The van der Waals surface area contributed by atoms with Crippen molar-refractivity contribution in [2.24, 2.45) is 0 Å². The van der Waals surface area contributed by atoms with Gasteiger partial charge in [-0.2, -0.15) is 0 Å². The molecule has 0 unspecified atom stereocenters. The average Bonchev–Trinajstić information content (AvgIpc) is 2.14. The molecule has 0 radical (unpaired) electrons. The fourth-order valence-electron chi connectivity index (χ4n) is 0.753. The molecule has 0 aliphatic carbocycles. The molecular weight excluding hydrogens is 158 g/mol. The molecule has 1 amide bonds. The lowest BCUT2D eigenvalue weighted by atomic mass is 9.98. The third-order valence-corrected chi connectivity index (χ3v) is 1.86. The number of nitrogens with one attached hydrogen (secondary N) is 1. The van der Waals surface area contributed by atoms with E-state index < -0.39 is 5.54 Å². The highest BCUT2D eigenvalue weighted by Crippen LogP contribution is 2.07. The Morgan fingerprint density at radius 1 is 1.58 bits per heavy atom. The molecule has 70 valence electrons. The Hall–Kier alpha value is -0.870. The second-order valence-electron chi connectivity index (χ2n) is 2.64. The Bertz CT molecular complexity index is 155. The van der Waals surface area contributed by atoms with Gasteiger partial charge in [0, 0.05) is 0 Å². The molecule has 0 aliphatic heterocycles. The molecule has 0 saturated heterocycles. The van der Waals surface area contributed by atoms with Gasteiger partial charge >= 0.3 is 0 Å². The molecule has 0 bridgehead atoms. The normalized spacial score (nSPS) is 10.9. The van der Waals surface area contributed by atoms with Gasteiger partial charge in [0.15, 0.2) is 0 Å². The molecule has 3 N–H and O–H groups in total. The van der Waals surface area contributed by atoms with Gasteiger partial charge in [0.2, 0.25) is 5.91 Å². The van der Waals surface area contributed by atoms with Crippen LogP contribution in [0.25, 0.3) is 0 Å². The number of hydrogen-bond donors (Lipinski definition) is 3. The van der Waals surface area contributed by atoms with Crippen molar-refractivity contribution in [1.82, 2.24) is 5.32 Å². The molecule has 0 aromatic rings. The zero-order valence-electron chi connectivity index (χ0n) is 7.21. The van der Waals surface area contributed by atoms with Crippen LogP contribution in [0.4, 0.5) is 0 Å². The van der Waals surface area contributed by atoms with Crippen molar-refractivity contribution in [2.45, 2.75) is 18.9 Å². The van der Waals surface area contributed by atoms with Gasteiger partial charge in [-0.05, 0) is 12.5 Å². The van der Waals surface area contributed by atoms with E-state index >= 15 is 0 Å². The molecule has 12 heavy (non-hydrogen) atoms. The van der Waals surface area contributed by atoms with E-state index in [-0.39, 0.29) is 19.1 Å². The number of carbonyl (C=O) groups excluding carboxylic acids is 1. The minimum absolute atomic E-state index is 0.278. The van der Waals surface area contributed by atoms with Gasteiger partial charge in [-0.25, -0.2) is 0 Å². The number of hydrogen-bond acceptors (Lipinski definition) is 3. The summed E-state index contributed by atoms with van der Waals surface area (Å²) in [7, 11) is 0. The summed E-state index contributed by atoms with van der Waals surface area (Å²) in [5.74, 6) is -0.389. The third kappa shape index (κ3) is 2.64. The lowest BCUT2D eigenvalue weighted by Gasteiger charge is -2.28. The van der Waals surface area contributed by atoms with Crippen LogP contribution in [0.15, 0.2) is 12.7 Å². The summed E-state index contributed by atoms with van der Waals surface area (Å²) in [6.07, 6.45) is 1.58. The standard InChI is InChI=1S/C8H15NO3/c1-3-7(12)9-8(4-2,5-10)6-11/h3,10-11H,1,4-6H2,2H3,(H,9,12). The second-order valence-corrected chi connectivity index (χ2v) is 2.64. The number of aliphatic hydroxyl groups is 2. The minimum Gasteiger partial charge on any atom is -0.394 e. The highest BCUT2D eigenvalue weighted by atomic mass is 16.3. The maximum Gasteiger partial charge on any atom is 0.243 e. The van der Waals surface area contributed by atoms with E-state index in [1.165, 1.54) is 0 Å². The lowest BCUT2D eigenvalue weighted by Crippen LogP contribution is -2.53. The predicted molar refractivity (Wildman–Crippen MR) is 45.5 cm³/mol. The van der Waals surface area contributed by atoms with Gasteiger partial charge in [0.1, 0.15) is 0 Å². The average molecular weight is 173 g/mol. The molecule has 0 spiro atoms. The predicted octanol–water partition coefficient (Wildman–Crippen LogP) is -0.578. The monoisotopic (exact) mass is 173 g/mol. The van der Waals surface area contributed by atoms with E-state index in [4.69, 9.17) is 10.2 Å². The fourth-order valence-corrected chi connectivity index (χ4v) is 0.753. The molecular formula is C8H15NO3. The van der Waals surface area contributed by atoms with E-state index in [1.807, 2.05) is 0 Å². The van der Waals surface area contributed by atoms with Crippen LogP contribution in [0.1, 0.15) is 13.3 Å². The number of carbonyl (C=O) groups is 1. The Morgan fingerprint density at radius 2 is 2.08 bits per heavy atom. The summed E-state index contributed by atoms with van der Waals surface area (Å²) in [4.78, 5) is 10.9. The van der Waals surface area contributed by atoms with E-state index in [0.717, 1.165) is 6.08 Å². The van der Waals surface area contributed by atoms with Crippen molar-refractivity contribution in [1.29, 1.82) is 0 Å². The van der Waals surface area contributed by atoms with Crippen LogP contribution in [0, 0.1) is 0 Å². The van der Waals surface area contributed by atoms with Crippen molar-refractivity contribution in [2.75, 3.05) is 13.2 Å². The molecule has 4 heteroatoms. The molecule has 0 aromatic carbocycles. The lowest BCUT2D eigenvalue weighted by molar-refractivity contribution is -0.119. The third-order valence-electron chi connectivity index (χ3n) is 1.86. The molecule has 0 atom stereocenters. The summed E-state index contributed by atoms with van der Waals surface area (Å²) < 4.78 is 0. The van der Waals surface area contributed by atoms with E-state index in [9.17, 15) is 4.79 Å². The first-order chi connectivity index (χ1) is 5.64. The Balaban J connectivity index is 4.29. The summed E-state index contributed by atoms with van der Waals surface area (Å²) in [6, 6.07) is 0. The molecule has 0 heterocycles. The number of aliphatic hydroxyl groups excluding tert-OH is 2. The van der Waals surface area contributed by atoms with Gasteiger partial charge in [0.25, 0.3) is 0 Å². The van der Waals surface area contributed by atoms with Crippen LogP contribution in [-0.4, -0.2) is 34.9 Å². The summed E-state index contributed by atoms with van der Waals surface area (Å²) in [5, 5.41) is 20.3. The number of rotatable bonds is 5. The summed E-state index contributed by atoms with van der Waals surface area (Å²) >= 11 is 0. The van der Waals surface area contributed by atoms with Gasteiger partial charge in [-0.15, -0.1) is 0 Å². The Labute approximate surface area is 71.9 Å². The highest BCUT2D eigenvalue weighted by Gasteiger charge is 2.27. The van der Waals surface area contributed by atoms with Crippen molar-refractivity contribution < 1.29 is 15.0 Å². The maximum absolute atomic E-state index is 10.9. The Morgan fingerprint density at radius 3 is 2.33 bits per heavy atom. The van der Waals surface area contributed by atoms with Crippen LogP contribution >= 0.6 is 0 Å². The topological polar surface area (TPSA) is 69.6 Å². The first kappa shape index (κ1) is 11.1. The maximum atomic E-state index is 10.9. The van der Waals surface area contributed by atoms with E-state index in [2.05, 4.69) is 11.9 Å². The van der Waals surface area contributed by atoms with Crippen LogP contribution < -0.4 is 5.32 Å². The highest BCUT2D eigenvalue weighted by molar-refractivity contribution is 5.87. The molecule has 4 nitrogen and oxygen atoms in total. The van der Waals surface area contributed by atoms with Gasteiger partial charge < -0.3 is 15.5 Å². The molecule has 0 fully saturated rings. The van der Waals surface area contributed by atoms with E-state index in [0.29, 0.717) is 6.42 Å². The molecule has 0 saturated carbocycles. The van der Waals surface area contributed by atoms with Crippen molar-refractivity contribution in [3.8, 4) is 0 Å². The van der Waals surface area contributed by atoms with Crippen LogP contribution in [-0.2, 0) is 4.79 Å². The minimum atomic E-state index is -0.911. The number of amides is 1. The first-order valence-electron chi connectivity index (χ1n) is 3.80. The summed E-state index contributed by atoms with van der Waals surface area (Å²) in [5.41, 5.74) is -0.911. The second kappa shape index (κ2) is 4.90. The van der Waals surface area contributed by atoms with Gasteiger partial charge in [0.05, 0.1) is 18.8 Å². The van der Waals surface area contributed by atoms with Crippen molar-refractivity contribution in [3.63, 3.8) is 0 Å². The van der Waals surface area contributed by atoms with Crippen molar-refractivity contribution >= 4 is 5.91 Å². The van der Waals surface area contributed by atoms with Crippen LogP contribution in [0.5, 0.6) is 0 Å². The zero-order valence-corrected chi connectivity index (χ0v) is 7.21. The quantitative estimate of drug-likeness (QED) is 0.487. The van der Waals surface area contributed by atoms with Gasteiger partial charge in [-0.1, -0.05) is 13.5 Å². The smallest absolute Gasteiger partial charge is 0.243 e. The zero-order chi connectivity index (χ0) is 9.61. The molecule has 0 rings (SSSR count). The largest absolute Gasteiger partial charge is 0.394 e. The van der Waals surface area contributed by atoms with E-state index in [1.54, 1.807) is 6.92 Å². The molecule has 0 aromatic heterocycles. The Kier molecular flexibility index (Phi) is 4.54. The van der Waals surface area contributed by atoms with Crippen molar-refractivity contribution in [3.05, 3.63) is 12.7 Å². The summed E-state index contributed by atoms with van der Waals surface area (Å²) in [6.45, 7) is 4.49. The molecule has 0 aliphatic rings. The van der Waals surface area contributed by atoms with Gasteiger partial charge in [-0.3, -0.25) is 4.79 Å². The SMILES string of the molecule is C=CC(=O)NC(CC)(CO)CO. The first-order valence-corrected chi connectivity index (χ1v) is 3.80. The van der Waals surface area contributed by atoms with Crippen LogP contribution in [0.3, 0.4) is 0 Å².